The van der Waals surface area contributed by atoms with Gasteiger partial charge < -0.3 is 4.90 Å². The first-order valence-corrected chi connectivity index (χ1v) is 11.0. The number of benzene rings is 2. The summed E-state index contributed by atoms with van der Waals surface area (Å²) < 4.78 is 40.9. The van der Waals surface area contributed by atoms with Crippen molar-refractivity contribution in [2.75, 3.05) is 4.90 Å². The second kappa shape index (κ2) is 7.29. The number of amides is 1. The van der Waals surface area contributed by atoms with E-state index in [-0.39, 0.29) is 35.1 Å². The Morgan fingerprint density at radius 2 is 1.89 bits per heavy atom. The highest BCUT2D eigenvalue weighted by Gasteiger charge is 2.37. The molecule has 0 spiro atoms. The van der Waals surface area contributed by atoms with E-state index < -0.39 is 10.0 Å². The van der Waals surface area contributed by atoms with E-state index in [9.17, 15) is 17.6 Å². The van der Waals surface area contributed by atoms with Crippen LogP contribution in [0.15, 0.2) is 47.4 Å². The molecule has 2 aliphatic rings. The molecule has 1 N–H and O–H groups in total. The van der Waals surface area contributed by atoms with E-state index >= 15 is 0 Å². The number of halogens is 1. The van der Waals surface area contributed by atoms with Crippen LogP contribution in [0.25, 0.3) is 0 Å². The summed E-state index contributed by atoms with van der Waals surface area (Å²) in [6.07, 6.45) is 3.63. The third-order valence-corrected chi connectivity index (χ3v) is 7.05. The molecule has 0 saturated heterocycles. The van der Waals surface area contributed by atoms with Crippen molar-refractivity contribution in [2.24, 2.45) is 5.92 Å². The smallest absolute Gasteiger partial charge is 0.240 e. The van der Waals surface area contributed by atoms with Gasteiger partial charge in [-0.15, -0.1) is 0 Å². The van der Waals surface area contributed by atoms with Crippen molar-refractivity contribution in [3.8, 4) is 0 Å². The SMILES string of the molecule is C[C@@H]1Cc2cc(S(=O)(=O)NCc3ccc(F)cc3)ccc2N1C(=O)C1CCC1. The predicted octanol–water partition coefficient (Wildman–Crippen LogP) is 3.38. The molecule has 1 atom stereocenters. The second-order valence-electron chi connectivity index (χ2n) is 7.63. The Balaban J connectivity index is 1.52. The Morgan fingerprint density at radius 1 is 1.18 bits per heavy atom. The minimum absolute atomic E-state index is 0.0354. The van der Waals surface area contributed by atoms with Crippen molar-refractivity contribution in [1.82, 2.24) is 4.72 Å². The molecule has 2 aromatic rings. The summed E-state index contributed by atoms with van der Waals surface area (Å²) in [5, 5.41) is 0. The van der Waals surface area contributed by atoms with E-state index in [4.69, 9.17) is 0 Å². The largest absolute Gasteiger partial charge is 0.309 e. The van der Waals surface area contributed by atoms with Crippen molar-refractivity contribution in [3.63, 3.8) is 0 Å². The van der Waals surface area contributed by atoms with Crippen molar-refractivity contribution >= 4 is 21.6 Å². The number of carbonyl (C=O) groups is 1. The minimum atomic E-state index is -3.70. The van der Waals surface area contributed by atoms with Crippen LogP contribution in [0.1, 0.15) is 37.3 Å². The fourth-order valence-electron chi connectivity index (χ4n) is 3.83. The standard InChI is InChI=1S/C21H23FN2O3S/c1-14-11-17-12-19(9-10-20(17)24(14)21(25)16-3-2-4-16)28(26,27)23-13-15-5-7-18(22)8-6-15/h5-10,12,14,16,23H,2-4,11,13H2,1H3/t14-/m1/s1. The maximum atomic E-state index is 13.0. The van der Waals surface area contributed by atoms with E-state index in [2.05, 4.69) is 4.72 Å². The summed E-state index contributed by atoms with van der Waals surface area (Å²) in [6.45, 7) is 2.08. The van der Waals surface area contributed by atoms with Crippen LogP contribution in [0.3, 0.4) is 0 Å². The molecule has 0 aromatic heterocycles. The molecule has 1 aliphatic heterocycles. The highest BCUT2D eigenvalue weighted by molar-refractivity contribution is 7.89. The molecule has 148 valence electrons. The van der Waals surface area contributed by atoms with Crippen LogP contribution in [0, 0.1) is 11.7 Å². The zero-order chi connectivity index (χ0) is 19.9. The quantitative estimate of drug-likeness (QED) is 0.834. The molecular weight excluding hydrogens is 379 g/mol. The lowest BCUT2D eigenvalue weighted by Crippen LogP contribution is -2.42. The molecule has 0 radical (unpaired) electrons. The van der Waals surface area contributed by atoms with Crippen LogP contribution < -0.4 is 9.62 Å². The first-order chi connectivity index (χ1) is 13.3. The van der Waals surface area contributed by atoms with Crippen LogP contribution >= 0.6 is 0 Å². The van der Waals surface area contributed by atoms with Gasteiger partial charge in [0.15, 0.2) is 0 Å². The van der Waals surface area contributed by atoms with Gasteiger partial charge in [0.25, 0.3) is 0 Å². The summed E-state index contributed by atoms with van der Waals surface area (Å²) in [7, 11) is -3.70. The monoisotopic (exact) mass is 402 g/mol. The Morgan fingerprint density at radius 3 is 2.54 bits per heavy atom. The van der Waals surface area contributed by atoms with Gasteiger partial charge in [-0.1, -0.05) is 18.6 Å². The fourth-order valence-corrected chi connectivity index (χ4v) is 4.89. The van der Waals surface area contributed by atoms with Crippen molar-refractivity contribution in [1.29, 1.82) is 0 Å². The predicted molar refractivity (Wildman–Crippen MR) is 105 cm³/mol. The fraction of sp³-hybridized carbons (Fsp3) is 0.381. The summed E-state index contributed by atoms with van der Waals surface area (Å²) in [5.74, 6) is -0.0999. The van der Waals surface area contributed by atoms with Crippen LogP contribution in [-0.2, 0) is 27.8 Å². The molecular formula is C21H23FN2O3S. The lowest BCUT2D eigenvalue weighted by Gasteiger charge is -2.32. The molecule has 7 heteroatoms. The van der Waals surface area contributed by atoms with E-state index in [0.717, 1.165) is 30.5 Å². The molecule has 1 amide bonds. The molecule has 1 saturated carbocycles. The summed E-state index contributed by atoms with van der Waals surface area (Å²) in [5.41, 5.74) is 2.38. The van der Waals surface area contributed by atoms with Crippen molar-refractivity contribution in [3.05, 3.63) is 59.4 Å². The number of fused-ring (bicyclic) bond motifs is 1. The normalized spacial score (nSPS) is 19.4. The molecule has 0 bridgehead atoms. The number of hydrogen-bond donors (Lipinski definition) is 1. The highest BCUT2D eigenvalue weighted by atomic mass is 32.2. The number of nitrogens with one attached hydrogen (secondary N) is 1. The van der Waals surface area contributed by atoms with E-state index in [1.54, 1.807) is 30.3 Å². The Labute approximate surface area is 164 Å². The maximum Gasteiger partial charge on any atom is 0.240 e. The molecule has 0 unspecified atom stereocenters. The molecule has 4 rings (SSSR count). The summed E-state index contributed by atoms with van der Waals surface area (Å²) in [6, 6.07) is 10.7. The van der Waals surface area contributed by atoms with Gasteiger partial charge in [0.05, 0.1) is 4.90 Å². The second-order valence-corrected chi connectivity index (χ2v) is 9.40. The zero-order valence-corrected chi connectivity index (χ0v) is 16.5. The number of rotatable bonds is 5. The summed E-state index contributed by atoms with van der Waals surface area (Å²) >= 11 is 0. The average Bonchev–Trinajstić information content (AvgIpc) is 2.94. The Bertz CT molecular complexity index is 1000. The molecule has 5 nitrogen and oxygen atoms in total. The van der Waals surface area contributed by atoms with E-state index in [0.29, 0.717) is 12.0 Å². The molecule has 2 aromatic carbocycles. The van der Waals surface area contributed by atoms with Gasteiger partial charge >= 0.3 is 0 Å². The average molecular weight is 402 g/mol. The number of anilines is 1. The molecule has 28 heavy (non-hydrogen) atoms. The minimum Gasteiger partial charge on any atom is -0.309 e. The third kappa shape index (κ3) is 3.56. The van der Waals surface area contributed by atoms with Crippen LogP contribution in [0.5, 0.6) is 0 Å². The molecule has 1 fully saturated rings. The molecule has 1 heterocycles. The van der Waals surface area contributed by atoms with Gasteiger partial charge in [-0.05, 0) is 67.6 Å². The third-order valence-electron chi connectivity index (χ3n) is 5.65. The zero-order valence-electron chi connectivity index (χ0n) is 15.7. The van der Waals surface area contributed by atoms with Crippen molar-refractivity contribution < 1.29 is 17.6 Å². The van der Waals surface area contributed by atoms with Gasteiger partial charge in [-0.3, -0.25) is 4.79 Å². The van der Waals surface area contributed by atoms with Gasteiger partial charge in [-0.25, -0.2) is 17.5 Å². The van der Waals surface area contributed by atoms with Gasteiger partial charge in [0, 0.05) is 24.2 Å². The van der Waals surface area contributed by atoms with Crippen LogP contribution in [0.2, 0.25) is 0 Å². The topological polar surface area (TPSA) is 66.5 Å². The first-order valence-electron chi connectivity index (χ1n) is 9.55. The number of sulfonamides is 1. The Kier molecular flexibility index (Phi) is 4.97. The number of hydrogen-bond acceptors (Lipinski definition) is 3. The lowest BCUT2D eigenvalue weighted by atomic mass is 9.84. The van der Waals surface area contributed by atoms with E-state index in [1.165, 1.54) is 12.1 Å². The first kappa shape index (κ1) is 19.1. The van der Waals surface area contributed by atoms with Crippen molar-refractivity contribution in [2.45, 2.75) is 50.1 Å². The Hall–Kier alpha value is -2.25. The number of nitrogens with zero attached hydrogens (tertiary/aromatic N) is 1. The van der Waals surface area contributed by atoms with Gasteiger partial charge in [0.1, 0.15) is 5.82 Å². The number of carbonyl (C=O) groups excluding carboxylic acids is 1. The van der Waals surface area contributed by atoms with E-state index in [1.807, 2.05) is 11.8 Å². The van der Waals surface area contributed by atoms with Crippen LogP contribution in [0.4, 0.5) is 10.1 Å². The van der Waals surface area contributed by atoms with Gasteiger partial charge in [0.2, 0.25) is 15.9 Å². The van der Waals surface area contributed by atoms with Gasteiger partial charge in [-0.2, -0.15) is 0 Å². The lowest BCUT2D eigenvalue weighted by molar-refractivity contribution is -0.125. The highest BCUT2D eigenvalue weighted by Crippen LogP contribution is 2.38. The van der Waals surface area contributed by atoms with Crippen LogP contribution in [-0.4, -0.2) is 20.4 Å². The molecule has 1 aliphatic carbocycles. The summed E-state index contributed by atoms with van der Waals surface area (Å²) in [4.78, 5) is 14.7. The maximum absolute atomic E-state index is 13.0.